The van der Waals surface area contributed by atoms with Crippen molar-refractivity contribution in [2.45, 2.75) is 18.8 Å². The van der Waals surface area contributed by atoms with Crippen molar-refractivity contribution in [1.82, 2.24) is 15.1 Å². The van der Waals surface area contributed by atoms with Crippen LogP contribution in [0.5, 0.6) is 5.75 Å². The van der Waals surface area contributed by atoms with Crippen molar-refractivity contribution >= 4 is 5.91 Å². The molecule has 1 amide bonds. The van der Waals surface area contributed by atoms with Crippen LogP contribution in [0.1, 0.15) is 35.0 Å². The highest BCUT2D eigenvalue weighted by atomic mass is 16.5. The number of piperidine rings is 1. The van der Waals surface area contributed by atoms with Crippen LogP contribution < -0.4 is 10.2 Å². The summed E-state index contributed by atoms with van der Waals surface area (Å²) in [5.74, 6) is -0.0389. The molecule has 3 heterocycles. The maximum absolute atomic E-state index is 12.8. The van der Waals surface area contributed by atoms with Gasteiger partial charge in [-0.3, -0.25) is 14.7 Å². The topological polar surface area (TPSA) is 88.4 Å². The Morgan fingerprint density at radius 3 is 2.89 bits per heavy atom. The minimum Gasteiger partial charge on any atom is -0.490 e. The molecule has 1 aliphatic heterocycles. The molecular weight excluding hydrogens is 358 g/mol. The number of aromatic amines is 1. The van der Waals surface area contributed by atoms with Crippen LogP contribution in [0.2, 0.25) is 0 Å². The number of benzene rings is 1. The second-order valence-electron chi connectivity index (χ2n) is 6.83. The third kappa shape index (κ3) is 3.43. The van der Waals surface area contributed by atoms with Gasteiger partial charge in [0.25, 0.3) is 5.91 Å². The Kier molecular flexibility index (Phi) is 4.97. The first-order valence-electron chi connectivity index (χ1n) is 9.22. The van der Waals surface area contributed by atoms with Gasteiger partial charge in [0.15, 0.2) is 5.76 Å². The average molecular weight is 379 g/mol. The van der Waals surface area contributed by atoms with Crippen LogP contribution in [-0.4, -0.2) is 41.2 Å². The van der Waals surface area contributed by atoms with E-state index in [9.17, 15) is 9.59 Å². The molecule has 144 valence electrons. The van der Waals surface area contributed by atoms with Crippen LogP contribution in [0.3, 0.4) is 0 Å². The van der Waals surface area contributed by atoms with Gasteiger partial charge >= 0.3 is 0 Å². The number of hydrogen-bond acceptors (Lipinski definition) is 5. The normalized spacial score (nSPS) is 16.8. The third-order valence-corrected chi connectivity index (χ3v) is 5.10. The quantitative estimate of drug-likeness (QED) is 0.753. The van der Waals surface area contributed by atoms with E-state index in [1.807, 2.05) is 36.5 Å². The first-order valence-corrected chi connectivity index (χ1v) is 9.22. The fourth-order valence-corrected chi connectivity index (χ4v) is 3.67. The molecule has 1 fully saturated rings. The molecule has 1 aromatic carbocycles. The highest BCUT2D eigenvalue weighted by molar-refractivity contribution is 5.91. The van der Waals surface area contributed by atoms with Crippen LogP contribution in [0, 0.1) is 0 Å². The van der Waals surface area contributed by atoms with Crippen molar-refractivity contribution in [3.63, 3.8) is 0 Å². The van der Waals surface area contributed by atoms with E-state index in [4.69, 9.17) is 9.15 Å². The standard InChI is InChI=1S/C21H21N3O4/c1-27-19-13-28-18(10-17(19)25)21(26)24-9-5-8-15(12-24)20-16(11-22-23-20)14-6-3-2-4-7-14/h2-4,6-7,10-11,13,15H,5,8-9,12H2,1H3,(H,22,23)/t15-/m1/s1. The monoisotopic (exact) mass is 379 g/mol. The summed E-state index contributed by atoms with van der Waals surface area (Å²) in [6.07, 6.45) is 4.83. The SMILES string of the molecule is COc1coc(C(=O)N2CCC[C@@H](c3[nH]ncc3-c3ccccc3)C2)cc1=O. The zero-order valence-corrected chi connectivity index (χ0v) is 15.6. The van der Waals surface area contributed by atoms with Gasteiger partial charge in [0, 0.05) is 36.3 Å². The highest BCUT2D eigenvalue weighted by Gasteiger charge is 2.29. The molecule has 1 N–H and O–H groups in total. The van der Waals surface area contributed by atoms with Gasteiger partial charge in [-0.15, -0.1) is 0 Å². The number of carbonyl (C=O) groups is 1. The summed E-state index contributed by atoms with van der Waals surface area (Å²) in [5.41, 5.74) is 2.80. The molecule has 28 heavy (non-hydrogen) atoms. The van der Waals surface area contributed by atoms with Crippen LogP contribution in [0.15, 0.2) is 58.1 Å². The number of nitrogens with zero attached hydrogens (tertiary/aromatic N) is 2. The average Bonchev–Trinajstić information content (AvgIpc) is 3.24. The molecule has 1 atom stereocenters. The fourth-order valence-electron chi connectivity index (χ4n) is 3.67. The molecule has 0 unspecified atom stereocenters. The summed E-state index contributed by atoms with van der Waals surface area (Å²) in [6.45, 7) is 1.16. The van der Waals surface area contributed by atoms with Crippen LogP contribution in [0.4, 0.5) is 0 Å². The van der Waals surface area contributed by atoms with E-state index < -0.39 is 0 Å². The summed E-state index contributed by atoms with van der Waals surface area (Å²) < 4.78 is 10.2. The molecule has 7 heteroatoms. The maximum Gasteiger partial charge on any atom is 0.289 e. The van der Waals surface area contributed by atoms with Gasteiger partial charge < -0.3 is 14.1 Å². The number of amides is 1. The molecule has 7 nitrogen and oxygen atoms in total. The highest BCUT2D eigenvalue weighted by Crippen LogP contribution is 2.33. The molecule has 0 spiro atoms. The predicted octanol–water partition coefficient (Wildman–Crippen LogP) is 3.06. The predicted molar refractivity (Wildman–Crippen MR) is 103 cm³/mol. The van der Waals surface area contributed by atoms with E-state index in [0.717, 1.165) is 29.7 Å². The Hall–Kier alpha value is -3.35. The lowest BCUT2D eigenvalue weighted by molar-refractivity contribution is 0.0670. The minimum atomic E-state index is -0.370. The maximum atomic E-state index is 12.8. The van der Waals surface area contributed by atoms with Gasteiger partial charge in [-0.05, 0) is 18.4 Å². The summed E-state index contributed by atoms with van der Waals surface area (Å²) in [4.78, 5) is 26.5. The number of rotatable bonds is 4. The molecule has 1 saturated heterocycles. The lowest BCUT2D eigenvalue weighted by Gasteiger charge is -2.32. The lowest BCUT2D eigenvalue weighted by atomic mass is 9.90. The van der Waals surface area contributed by atoms with E-state index in [0.29, 0.717) is 13.1 Å². The van der Waals surface area contributed by atoms with Crippen molar-refractivity contribution in [3.05, 3.63) is 70.5 Å². The van der Waals surface area contributed by atoms with E-state index in [1.54, 1.807) is 4.90 Å². The summed E-state index contributed by atoms with van der Waals surface area (Å²) >= 11 is 0. The molecule has 4 rings (SSSR count). The Morgan fingerprint density at radius 2 is 2.14 bits per heavy atom. The molecule has 0 bridgehead atoms. The molecule has 1 aliphatic rings. The summed E-state index contributed by atoms with van der Waals surface area (Å²) in [7, 11) is 1.39. The molecular formula is C21H21N3O4. The van der Waals surface area contributed by atoms with E-state index in [2.05, 4.69) is 10.2 Å². The van der Waals surface area contributed by atoms with Gasteiger partial charge in [-0.25, -0.2) is 0 Å². The Balaban J connectivity index is 1.56. The molecule has 3 aromatic rings. The van der Waals surface area contributed by atoms with Crippen LogP contribution >= 0.6 is 0 Å². The molecule has 0 aliphatic carbocycles. The molecule has 0 radical (unpaired) electrons. The Morgan fingerprint density at radius 1 is 1.32 bits per heavy atom. The number of hydrogen-bond donors (Lipinski definition) is 1. The molecule has 0 saturated carbocycles. The second-order valence-corrected chi connectivity index (χ2v) is 6.83. The van der Waals surface area contributed by atoms with E-state index in [-0.39, 0.29) is 28.8 Å². The van der Waals surface area contributed by atoms with Gasteiger partial charge in [-0.1, -0.05) is 30.3 Å². The number of methoxy groups -OCH3 is 1. The van der Waals surface area contributed by atoms with E-state index in [1.165, 1.54) is 19.4 Å². The van der Waals surface area contributed by atoms with E-state index >= 15 is 0 Å². The minimum absolute atomic E-state index is 0.0272. The largest absolute Gasteiger partial charge is 0.490 e. The smallest absolute Gasteiger partial charge is 0.289 e. The van der Waals surface area contributed by atoms with Gasteiger partial charge in [-0.2, -0.15) is 5.10 Å². The van der Waals surface area contributed by atoms with Crippen LogP contribution in [0.25, 0.3) is 11.1 Å². The van der Waals surface area contributed by atoms with Crippen molar-refractivity contribution in [2.24, 2.45) is 0 Å². The van der Waals surface area contributed by atoms with Crippen molar-refractivity contribution < 1.29 is 13.9 Å². The van der Waals surface area contributed by atoms with Crippen molar-refractivity contribution in [1.29, 1.82) is 0 Å². The zero-order valence-electron chi connectivity index (χ0n) is 15.6. The lowest BCUT2D eigenvalue weighted by Crippen LogP contribution is -2.39. The van der Waals surface area contributed by atoms with Gasteiger partial charge in [0.2, 0.25) is 11.2 Å². The first kappa shape index (κ1) is 18.0. The zero-order chi connectivity index (χ0) is 19.5. The number of likely N-dealkylation sites (tertiary alicyclic amines) is 1. The van der Waals surface area contributed by atoms with Crippen LogP contribution in [-0.2, 0) is 0 Å². The number of H-pyrrole nitrogens is 1. The summed E-state index contributed by atoms with van der Waals surface area (Å²) in [6, 6.07) is 11.3. The van der Waals surface area contributed by atoms with Gasteiger partial charge in [0.1, 0.15) is 6.26 Å². The number of carbonyl (C=O) groups excluding carboxylic acids is 1. The van der Waals surface area contributed by atoms with Gasteiger partial charge in [0.05, 0.1) is 13.3 Å². The third-order valence-electron chi connectivity index (χ3n) is 5.10. The van der Waals surface area contributed by atoms with Crippen molar-refractivity contribution in [3.8, 4) is 16.9 Å². The fraction of sp³-hybridized carbons (Fsp3) is 0.286. The summed E-state index contributed by atoms with van der Waals surface area (Å²) in [5, 5.41) is 7.35. The first-order chi connectivity index (χ1) is 13.7. The number of ether oxygens (including phenoxy) is 1. The Labute approximate surface area is 161 Å². The Bertz CT molecular complexity index is 1030. The number of aromatic nitrogens is 2. The van der Waals surface area contributed by atoms with Crippen molar-refractivity contribution in [2.75, 3.05) is 20.2 Å². The second kappa shape index (κ2) is 7.72. The molecule has 2 aromatic heterocycles. The number of nitrogens with one attached hydrogen (secondary N) is 1.